The first-order valence-electron chi connectivity index (χ1n) is 2.84. The van der Waals surface area contributed by atoms with Crippen LogP contribution >= 0.6 is 34.5 Å². The summed E-state index contributed by atoms with van der Waals surface area (Å²) >= 11 is 11.2. The minimum atomic E-state index is -4.74. The normalized spacial score (nSPS) is 10.9. The predicted octanol–water partition coefficient (Wildman–Crippen LogP) is 1.56. The molecule has 0 radical (unpaired) electrons. The van der Waals surface area contributed by atoms with E-state index in [2.05, 4.69) is 0 Å². The van der Waals surface area contributed by atoms with Gasteiger partial charge in [0, 0.05) is 0 Å². The van der Waals surface area contributed by atoms with Crippen molar-refractivity contribution < 1.29 is 17.9 Å². The van der Waals surface area contributed by atoms with Gasteiger partial charge in [-0.1, -0.05) is 23.2 Å². The van der Waals surface area contributed by atoms with Crippen molar-refractivity contribution in [3.63, 3.8) is 0 Å². The van der Waals surface area contributed by atoms with Gasteiger partial charge >= 0.3 is 45.4 Å². The molecule has 0 bridgehead atoms. The number of rotatable bonds is 2. The van der Waals surface area contributed by atoms with Crippen LogP contribution in [0.15, 0.2) is 4.90 Å². The molecule has 11 heteroatoms. The molecule has 1 N–H and O–H groups in total. The van der Waals surface area contributed by atoms with Crippen molar-refractivity contribution >= 4 is 79.9 Å². The van der Waals surface area contributed by atoms with Gasteiger partial charge in [0.05, 0.1) is 4.92 Å². The van der Waals surface area contributed by atoms with Gasteiger partial charge in [0.2, 0.25) is 4.90 Å². The Hall–Kier alpha value is 0.590. The third-order valence-corrected chi connectivity index (χ3v) is 3.94. The van der Waals surface area contributed by atoms with E-state index in [9.17, 15) is 18.5 Å². The molecule has 0 aliphatic heterocycles. The van der Waals surface area contributed by atoms with E-state index >= 15 is 0 Å². The van der Waals surface area contributed by atoms with E-state index in [0.717, 1.165) is 0 Å². The SMILES string of the molecule is O=[N+]([O-])c1c(Cl)sc(Cl)c1S(=O)(=O)O.[NaH]. The van der Waals surface area contributed by atoms with Crippen LogP contribution in [-0.2, 0) is 10.1 Å². The van der Waals surface area contributed by atoms with E-state index in [4.69, 9.17) is 27.8 Å². The number of nitrogens with zero attached hydrogens (tertiary/aromatic N) is 1. The topological polar surface area (TPSA) is 97.5 Å². The van der Waals surface area contributed by atoms with Gasteiger partial charge < -0.3 is 0 Å². The van der Waals surface area contributed by atoms with E-state index in [1.807, 2.05) is 0 Å². The molecular weight excluding hydrogens is 300 g/mol. The van der Waals surface area contributed by atoms with Crippen LogP contribution in [0.2, 0.25) is 8.67 Å². The first-order valence-corrected chi connectivity index (χ1v) is 5.86. The zero-order valence-corrected chi connectivity index (χ0v) is 9.24. The van der Waals surface area contributed by atoms with E-state index in [1.54, 1.807) is 0 Å². The van der Waals surface area contributed by atoms with Crippen molar-refractivity contribution in [3.05, 3.63) is 18.8 Å². The Labute approximate surface area is 120 Å². The summed E-state index contributed by atoms with van der Waals surface area (Å²) in [5.41, 5.74) is -0.899. The molecule has 1 aromatic heterocycles. The third kappa shape index (κ3) is 3.27. The fourth-order valence-electron chi connectivity index (χ4n) is 0.734. The van der Waals surface area contributed by atoms with Gasteiger partial charge in [-0.15, -0.1) is 11.3 Å². The summed E-state index contributed by atoms with van der Waals surface area (Å²) in [7, 11) is -4.74. The Morgan fingerprint density at radius 1 is 1.33 bits per heavy atom. The third-order valence-electron chi connectivity index (χ3n) is 1.20. The van der Waals surface area contributed by atoms with Crippen LogP contribution in [0, 0.1) is 10.1 Å². The van der Waals surface area contributed by atoms with Crippen LogP contribution in [0.1, 0.15) is 0 Å². The van der Waals surface area contributed by atoms with Gasteiger partial charge in [-0.2, -0.15) is 8.42 Å². The minimum absolute atomic E-state index is 0. The second kappa shape index (κ2) is 5.28. The summed E-state index contributed by atoms with van der Waals surface area (Å²) in [5.74, 6) is 0. The average Bonchev–Trinajstić information content (AvgIpc) is 2.23. The summed E-state index contributed by atoms with van der Waals surface area (Å²) < 4.78 is 29.2. The van der Waals surface area contributed by atoms with Crippen molar-refractivity contribution in [1.82, 2.24) is 0 Å². The van der Waals surface area contributed by atoms with E-state index in [0.29, 0.717) is 11.3 Å². The summed E-state index contributed by atoms with van der Waals surface area (Å²) in [4.78, 5) is 8.42. The molecule has 0 saturated carbocycles. The van der Waals surface area contributed by atoms with Crippen molar-refractivity contribution in [3.8, 4) is 0 Å². The van der Waals surface area contributed by atoms with Gasteiger partial charge in [-0.25, -0.2) is 0 Å². The van der Waals surface area contributed by atoms with Crippen LogP contribution < -0.4 is 0 Å². The molecule has 1 rings (SSSR count). The molecule has 15 heavy (non-hydrogen) atoms. The van der Waals surface area contributed by atoms with Gasteiger partial charge in [-0.3, -0.25) is 14.7 Å². The molecule has 0 saturated heterocycles. The summed E-state index contributed by atoms with van der Waals surface area (Å²) in [6.45, 7) is 0. The van der Waals surface area contributed by atoms with E-state index < -0.39 is 34.3 Å². The molecule has 6 nitrogen and oxygen atoms in total. The summed E-state index contributed by atoms with van der Waals surface area (Å²) in [5, 5.41) is 10.4. The average molecular weight is 302 g/mol. The van der Waals surface area contributed by atoms with Gasteiger partial charge in [0.15, 0.2) is 4.34 Å². The van der Waals surface area contributed by atoms with Crippen molar-refractivity contribution in [2.45, 2.75) is 4.90 Å². The molecule has 0 aliphatic rings. The first kappa shape index (κ1) is 15.6. The van der Waals surface area contributed by atoms with Gasteiger partial charge in [0.1, 0.15) is 4.34 Å². The van der Waals surface area contributed by atoms with Gasteiger partial charge in [-0.05, 0) is 0 Å². The molecule has 0 spiro atoms. The fraction of sp³-hybridized carbons (Fsp3) is 0. The second-order valence-electron chi connectivity index (χ2n) is 2.06. The molecule has 0 aromatic carbocycles. The zero-order valence-electron chi connectivity index (χ0n) is 6.10. The quantitative estimate of drug-likeness (QED) is 0.387. The number of halogens is 2. The number of hydrogen-bond acceptors (Lipinski definition) is 5. The molecule has 1 aromatic rings. The van der Waals surface area contributed by atoms with Crippen LogP contribution in [0.3, 0.4) is 0 Å². The van der Waals surface area contributed by atoms with Crippen molar-refractivity contribution in [2.24, 2.45) is 0 Å². The van der Waals surface area contributed by atoms with Gasteiger partial charge in [0.25, 0.3) is 0 Å². The Kier molecular flexibility index (Phi) is 5.49. The molecule has 0 fully saturated rings. The monoisotopic (exact) mass is 301 g/mol. The van der Waals surface area contributed by atoms with Crippen LogP contribution in [0.4, 0.5) is 5.69 Å². The standard InChI is InChI=1S/C4HCl2NO5S2.Na.H/c5-3-1(7(8)9)2(4(6)13-3)14(10,11)12;;/h(H,10,11,12);;. The molecule has 0 unspecified atom stereocenters. The molecule has 1 heterocycles. The number of thiophene rings is 1. The van der Waals surface area contributed by atoms with Crippen LogP contribution in [0.25, 0.3) is 0 Å². The summed E-state index contributed by atoms with van der Waals surface area (Å²) in [6.07, 6.45) is 0. The second-order valence-corrected chi connectivity index (χ2v) is 5.64. The number of nitro groups is 1. The van der Waals surface area contributed by atoms with E-state index in [1.165, 1.54) is 0 Å². The molecular formula is C4H2Cl2NNaO5S2. The van der Waals surface area contributed by atoms with Crippen LogP contribution in [0.5, 0.6) is 0 Å². The maximum atomic E-state index is 10.7. The molecule has 80 valence electrons. The van der Waals surface area contributed by atoms with Crippen molar-refractivity contribution in [2.75, 3.05) is 0 Å². The first-order chi connectivity index (χ1) is 6.25. The predicted molar refractivity (Wildman–Crippen MR) is 58.0 cm³/mol. The Balaban J connectivity index is 0.00000196. The molecule has 0 aliphatic carbocycles. The van der Waals surface area contributed by atoms with Crippen LogP contribution in [-0.4, -0.2) is 47.5 Å². The maximum absolute atomic E-state index is 10.7. The Bertz CT molecular complexity index is 497. The summed E-state index contributed by atoms with van der Waals surface area (Å²) in [6, 6.07) is 0. The Morgan fingerprint density at radius 3 is 2.07 bits per heavy atom. The fourth-order valence-corrected chi connectivity index (χ4v) is 3.67. The zero-order chi connectivity index (χ0) is 11.1. The van der Waals surface area contributed by atoms with E-state index in [-0.39, 0.29) is 29.6 Å². The molecule has 0 amide bonds. The Morgan fingerprint density at radius 2 is 1.80 bits per heavy atom. The number of hydrogen-bond donors (Lipinski definition) is 1. The van der Waals surface area contributed by atoms with Crippen molar-refractivity contribution in [1.29, 1.82) is 0 Å². The molecule has 0 atom stereocenters.